The van der Waals surface area contributed by atoms with Crippen molar-refractivity contribution in [2.24, 2.45) is 0 Å². The Kier molecular flexibility index (Phi) is 6.53. The first-order valence-corrected chi connectivity index (χ1v) is 9.35. The van der Waals surface area contributed by atoms with Crippen LogP contribution in [-0.4, -0.2) is 82.4 Å². The van der Waals surface area contributed by atoms with Crippen molar-refractivity contribution in [2.45, 2.75) is 76.9 Å². The molecule has 158 valence electrons. The number of hydrogen-bond donors (Lipinski definition) is 2. The molecule has 2 N–H and O–H groups in total. The predicted molar refractivity (Wildman–Crippen MR) is 97.3 cm³/mol. The lowest BCUT2D eigenvalue weighted by Gasteiger charge is -2.30. The third-order valence-corrected chi connectivity index (χ3v) is 4.85. The summed E-state index contributed by atoms with van der Waals surface area (Å²) in [5.41, 5.74) is -0.702. The highest BCUT2D eigenvalue weighted by Crippen LogP contribution is 2.29. The first-order valence-electron chi connectivity index (χ1n) is 9.35. The van der Waals surface area contributed by atoms with Crippen LogP contribution >= 0.6 is 0 Å². The van der Waals surface area contributed by atoms with E-state index in [2.05, 4.69) is 5.32 Å². The number of carboxylic acid groups (broad SMARTS) is 1. The number of rotatable bonds is 4. The highest BCUT2D eigenvalue weighted by atomic mass is 16.6. The third-order valence-electron chi connectivity index (χ3n) is 4.85. The third kappa shape index (κ3) is 4.92. The summed E-state index contributed by atoms with van der Waals surface area (Å²) >= 11 is 0. The number of aliphatic carboxylic acids is 1. The van der Waals surface area contributed by atoms with E-state index < -0.39 is 53.8 Å². The molecular formula is C18H29N3O7. The number of amides is 3. The lowest BCUT2D eigenvalue weighted by molar-refractivity contribution is -0.155. The van der Waals surface area contributed by atoms with Crippen LogP contribution in [0, 0.1) is 0 Å². The monoisotopic (exact) mass is 399 g/mol. The quantitative estimate of drug-likeness (QED) is 0.707. The lowest BCUT2D eigenvalue weighted by Crippen LogP contribution is -2.56. The van der Waals surface area contributed by atoms with E-state index in [-0.39, 0.29) is 13.0 Å². The fraction of sp³-hybridized carbons (Fsp3) is 0.778. The average molecular weight is 399 g/mol. The van der Waals surface area contributed by atoms with Gasteiger partial charge in [-0.3, -0.25) is 14.5 Å². The van der Waals surface area contributed by atoms with Crippen molar-refractivity contribution in [1.82, 2.24) is 15.1 Å². The summed E-state index contributed by atoms with van der Waals surface area (Å²) in [4.78, 5) is 51.4. The van der Waals surface area contributed by atoms with Gasteiger partial charge >= 0.3 is 12.1 Å². The molecule has 10 heteroatoms. The zero-order chi connectivity index (χ0) is 21.2. The van der Waals surface area contributed by atoms with E-state index in [4.69, 9.17) is 9.47 Å². The largest absolute Gasteiger partial charge is 0.480 e. The highest BCUT2D eigenvalue weighted by molar-refractivity contribution is 5.93. The molecule has 0 aromatic heterocycles. The van der Waals surface area contributed by atoms with Gasteiger partial charge in [0.05, 0.1) is 6.61 Å². The van der Waals surface area contributed by atoms with Gasteiger partial charge in [-0.1, -0.05) is 0 Å². The number of nitrogens with zero attached hydrogens (tertiary/aromatic N) is 2. The molecule has 2 heterocycles. The molecule has 2 fully saturated rings. The molecule has 0 bridgehead atoms. The van der Waals surface area contributed by atoms with Crippen molar-refractivity contribution in [3.63, 3.8) is 0 Å². The predicted octanol–water partition coefficient (Wildman–Crippen LogP) is 0.549. The molecule has 10 nitrogen and oxygen atoms in total. The van der Waals surface area contributed by atoms with E-state index >= 15 is 0 Å². The summed E-state index contributed by atoms with van der Waals surface area (Å²) in [6.07, 6.45) is -0.258. The Hall–Kier alpha value is -2.36. The minimum Gasteiger partial charge on any atom is -0.480 e. The van der Waals surface area contributed by atoms with Crippen molar-refractivity contribution < 1.29 is 33.8 Å². The minimum atomic E-state index is -1.09. The average Bonchev–Trinajstić information content (AvgIpc) is 2.95. The van der Waals surface area contributed by atoms with Gasteiger partial charge in [0.2, 0.25) is 11.8 Å². The van der Waals surface area contributed by atoms with Gasteiger partial charge in [0.1, 0.15) is 30.0 Å². The number of likely N-dealkylation sites (N-methyl/N-ethyl adjacent to an activating group) is 1. The summed E-state index contributed by atoms with van der Waals surface area (Å²) in [7, 11) is 1.44. The molecule has 0 saturated carbocycles. The Labute approximate surface area is 164 Å². The Morgan fingerprint density at radius 3 is 2.50 bits per heavy atom. The maximum absolute atomic E-state index is 12.9. The van der Waals surface area contributed by atoms with Gasteiger partial charge < -0.3 is 24.8 Å². The van der Waals surface area contributed by atoms with Crippen LogP contribution in [0.5, 0.6) is 0 Å². The molecule has 4 atom stereocenters. The van der Waals surface area contributed by atoms with Gasteiger partial charge in [-0.15, -0.1) is 0 Å². The molecule has 2 aliphatic rings. The molecule has 4 unspecified atom stereocenters. The normalized spacial score (nSPS) is 26.1. The number of carbonyl (C=O) groups excluding carboxylic acids is 3. The summed E-state index contributed by atoms with van der Waals surface area (Å²) in [5.74, 6) is -2.10. The summed E-state index contributed by atoms with van der Waals surface area (Å²) in [6.45, 7) is 6.91. The van der Waals surface area contributed by atoms with E-state index in [9.17, 15) is 24.3 Å². The van der Waals surface area contributed by atoms with E-state index in [1.54, 1.807) is 20.8 Å². The first kappa shape index (κ1) is 21.9. The molecular weight excluding hydrogens is 370 g/mol. The van der Waals surface area contributed by atoms with E-state index in [1.807, 2.05) is 0 Å². The minimum absolute atomic E-state index is 0.223. The van der Waals surface area contributed by atoms with Crippen LogP contribution in [0.2, 0.25) is 0 Å². The standard InChI is InChI=1S/C18H29N3O7/c1-10(20(5)17(26)28-18(2,3)4)14(22)19-11-8-9-27-13-7-6-12(16(24)25)21(13)15(11)23/h10-13H,6-9H2,1-5H3,(H,19,22)(H,24,25). The summed E-state index contributed by atoms with van der Waals surface area (Å²) in [6, 6.07) is -2.75. The lowest BCUT2D eigenvalue weighted by atomic mass is 10.1. The van der Waals surface area contributed by atoms with Crippen LogP contribution in [0.25, 0.3) is 0 Å². The Morgan fingerprint density at radius 2 is 1.93 bits per heavy atom. The molecule has 0 aliphatic carbocycles. The van der Waals surface area contributed by atoms with Crippen LogP contribution in [0.4, 0.5) is 4.79 Å². The number of fused-ring (bicyclic) bond motifs is 1. The SMILES string of the molecule is CC(C(=O)NC1CCOC2CCC(C(=O)O)N2C1=O)N(C)C(=O)OC(C)(C)C. The maximum Gasteiger partial charge on any atom is 0.410 e. The summed E-state index contributed by atoms with van der Waals surface area (Å²) in [5, 5.41) is 12.0. The smallest absolute Gasteiger partial charge is 0.410 e. The van der Waals surface area contributed by atoms with Gasteiger partial charge in [-0.25, -0.2) is 9.59 Å². The zero-order valence-electron chi connectivity index (χ0n) is 16.9. The van der Waals surface area contributed by atoms with Crippen molar-refractivity contribution in [1.29, 1.82) is 0 Å². The number of ether oxygens (including phenoxy) is 2. The van der Waals surface area contributed by atoms with E-state index in [0.29, 0.717) is 12.8 Å². The molecule has 3 amide bonds. The molecule has 2 rings (SSSR count). The molecule has 2 saturated heterocycles. The molecule has 28 heavy (non-hydrogen) atoms. The van der Waals surface area contributed by atoms with Crippen LogP contribution in [0.1, 0.15) is 47.0 Å². The summed E-state index contributed by atoms with van der Waals surface area (Å²) < 4.78 is 10.8. The highest BCUT2D eigenvalue weighted by Gasteiger charge is 2.46. The molecule has 0 radical (unpaired) electrons. The topological polar surface area (TPSA) is 125 Å². The van der Waals surface area contributed by atoms with Crippen LogP contribution in [-0.2, 0) is 23.9 Å². The number of carbonyl (C=O) groups is 4. The number of hydrogen-bond acceptors (Lipinski definition) is 6. The first-order chi connectivity index (χ1) is 12.9. The van der Waals surface area contributed by atoms with Gasteiger partial charge in [0.15, 0.2) is 0 Å². The van der Waals surface area contributed by atoms with Crippen molar-refractivity contribution in [2.75, 3.05) is 13.7 Å². The second-order valence-electron chi connectivity index (χ2n) is 8.12. The fourth-order valence-electron chi connectivity index (χ4n) is 3.20. The molecule has 0 spiro atoms. The number of carboxylic acids is 1. The van der Waals surface area contributed by atoms with Gasteiger partial charge in [0, 0.05) is 13.5 Å². The van der Waals surface area contributed by atoms with Crippen molar-refractivity contribution in [3.05, 3.63) is 0 Å². The van der Waals surface area contributed by atoms with E-state index in [1.165, 1.54) is 18.9 Å². The number of nitrogens with one attached hydrogen (secondary N) is 1. The molecule has 2 aliphatic heterocycles. The van der Waals surface area contributed by atoms with Crippen LogP contribution < -0.4 is 5.32 Å². The maximum atomic E-state index is 12.9. The van der Waals surface area contributed by atoms with Gasteiger partial charge in [-0.05, 0) is 40.5 Å². The molecule has 0 aromatic carbocycles. The Morgan fingerprint density at radius 1 is 1.29 bits per heavy atom. The Balaban J connectivity index is 2.04. The fourth-order valence-corrected chi connectivity index (χ4v) is 3.20. The van der Waals surface area contributed by atoms with E-state index in [0.717, 1.165) is 4.90 Å². The van der Waals surface area contributed by atoms with Crippen molar-refractivity contribution >= 4 is 23.9 Å². The molecule has 0 aromatic rings. The second kappa shape index (κ2) is 8.34. The van der Waals surface area contributed by atoms with Crippen molar-refractivity contribution in [3.8, 4) is 0 Å². The Bertz CT molecular complexity index is 646. The second-order valence-corrected chi connectivity index (χ2v) is 8.12. The van der Waals surface area contributed by atoms with Gasteiger partial charge in [-0.2, -0.15) is 0 Å². The zero-order valence-corrected chi connectivity index (χ0v) is 16.9. The van der Waals surface area contributed by atoms with Crippen LogP contribution in [0.3, 0.4) is 0 Å². The van der Waals surface area contributed by atoms with Crippen LogP contribution in [0.15, 0.2) is 0 Å². The van der Waals surface area contributed by atoms with Gasteiger partial charge in [0.25, 0.3) is 0 Å².